The average Bonchev–Trinajstić information content (AvgIpc) is 3.19. The Kier molecular flexibility index (Phi) is 4.92. The first-order valence-corrected chi connectivity index (χ1v) is 9.24. The fourth-order valence-electron chi connectivity index (χ4n) is 3.33. The summed E-state index contributed by atoms with van der Waals surface area (Å²) in [5, 5.41) is 11.4. The van der Waals surface area contributed by atoms with Crippen LogP contribution in [0.5, 0.6) is 11.5 Å². The normalized spacial score (nSPS) is 11.2. The number of allylic oxidation sites excluding steroid dienone is 1. The minimum atomic E-state index is -0.275. The van der Waals surface area contributed by atoms with Crippen LogP contribution in [0.2, 0.25) is 0 Å². The van der Waals surface area contributed by atoms with E-state index in [9.17, 15) is 9.90 Å². The molecule has 29 heavy (non-hydrogen) atoms. The molecule has 0 saturated carbocycles. The van der Waals surface area contributed by atoms with Crippen LogP contribution >= 0.6 is 0 Å². The molecule has 0 aliphatic heterocycles. The minimum absolute atomic E-state index is 0.0594. The van der Waals surface area contributed by atoms with Crippen molar-refractivity contribution < 1.29 is 19.1 Å². The molecule has 0 unspecified atom stereocenters. The van der Waals surface area contributed by atoms with Crippen LogP contribution in [0.4, 0.5) is 0 Å². The summed E-state index contributed by atoms with van der Waals surface area (Å²) in [7, 11) is 1.61. The molecule has 0 bridgehead atoms. The van der Waals surface area contributed by atoms with Crippen molar-refractivity contribution in [2.24, 2.45) is 0 Å². The highest BCUT2D eigenvalue weighted by atomic mass is 16.5. The quantitative estimate of drug-likeness (QED) is 0.338. The Hall–Kier alpha value is -3.79. The number of fused-ring (bicyclic) bond motifs is 1. The molecule has 1 heterocycles. The van der Waals surface area contributed by atoms with Gasteiger partial charge in [0.1, 0.15) is 17.1 Å². The fourth-order valence-corrected chi connectivity index (χ4v) is 3.33. The summed E-state index contributed by atoms with van der Waals surface area (Å²) in [6.45, 7) is 1.75. The molecule has 0 fully saturated rings. The monoisotopic (exact) mass is 384 g/mol. The van der Waals surface area contributed by atoms with E-state index in [1.807, 2.05) is 54.6 Å². The van der Waals surface area contributed by atoms with E-state index >= 15 is 0 Å². The molecule has 0 atom stereocenters. The Labute approximate surface area is 168 Å². The Morgan fingerprint density at radius 3 is 2.48 bits per heavy atom. The molecule has 0 aliphatic rings. The molecule has 0 aliphatic carbocycles. The van der Waals surface area contributed by atoms with Crippen LogP contribution in [0.25, 0.3) is 28.2 Å². The van der Waals surface area contributed by atoms with Crippen LogP contribution in [0.15, 0.2) is 77.4 Å². The number of aromatic hydroxyl groups is 1. The first-order valence-electron chi connectivity index (χ1n) is 9.24. The predicted molar refractivity (Wildman–Crippen MR) is 114 cm³/mol. The number of ether oxygens (including phenoxy) is 1. The van der Waals surface area contributed by atoms with E-state index in [0.29, 0.717) is 11.1 Å². The molecule has 0 amide bonds. The molecule has 4 rings (SSSR count). The third-order valence-electron chi connectivity index (χ3n) is 4.96. The van der Waals surface area contributed by atoms with Crippen molar-refractivity contribution in [3.05, 3.63) is 89.7 Å². The van der Waals surface area contributed by atoms with Crippen LogP contribution < -0.4 is 4.74 Å². The molecule has 0 saturated heterocycles. The number of methoxy groups -OCH3 is 1. The van der Waals surface area contributed by atoms with Gasteiger partial charge in [0, 0.05) is 16.5 Å². The minimum Gasteiger partial charge on any atom is -0.507 e. The molecular weight excluding hydrogens is 364 g/mol. The van der Waals surface area contributed by atoms with Gasteiger partial charge in [0.25, 0.3) is 0 Å². The van der Waals surface area contributed by atoms with Gasteiger partial charge in [0.05, 0.1) is 18.9 Å². The summed E-state index contributed by atoms with van der Waals surface area (Å²) in [5.41, 5.74) is 4.12. The number of aryl methyl sites for hydroxylation is 1. The fraction of sp³-hybridized carbons (Fsp3) is 0.0800. The van der Waals surface area contributed by atoms with Crippen molar-refractivity contribution in [3.8, 4) is 22.6 Å². The van der Waals surface area contributed by atoms with E-state index in [1.165, 1.54) is 6.08 Å². The first kappa shape index (κ1) is 18.6. The molecule has 1 aromatic heterocycles. The molecule has 4 nitrogen and oxygen atoms in total. The highest BCUT2D eigenvalue weighted by Gasteiger charge is 2.19. The van der Waals surface area contributed by atoms with E-state index in [-0.39, 0.29) is 17.1 Å². The number of ketones is 1. The van der Waals surface area contributed by atoms with Gasteiger partial charge in [0.15, 0.2) is 5.78 Å². The van der Waals surface area contributed by atoms with Gasteiger partial charge in [0.2, 0.25) is 0 Å². The molecule has 0 spiro atoms. The highest BCUT2D eigenvalue weighted by Crippen LogP contribution is 2.38. The summed E-state index contributed by atoms with van der Waals surface area (Å²) >= 11 is 0. The molecule has 4 aromatic rings. The SMILES string of the molecule is COc1ccc(/C=C/C(=O)c2cc3c(-c4ccccc4)coc3c(C)c2O)cc1. The van der Waals surface area contributed by atoms with E-state index in [2.05, 4.69) is 0 Å². The van der Waals surface area contributed by atoms with Gasteiger partial charge in [-0.05, 0) is 42.3 Å². The lowest BCUT2D eigenvalue weighted by Gasteiger charge is -2.07. The zero-order chi connectivity index (χ0) is 20.4. The number of benzene rings is 3. The summed E-state index contributed by atoms with van der Waals surface area (Å²) in [4.78, 5) is 12.8. The number of rotatable bonds is 5. The third kappa shape index (κ3) is 3.52. The zero-order valence-corrected chi connectivity index (χ0v) is 16.2. The summed E-state index contributed by atoms with van der Waals surface area (Å²) < 4.78 is 10.8. The maximum absolute atomic E-state index is 12.8. The Morgan fingerprint density at radius 1 is 1.07 bits per heavy atom. The van der Waals surface area contributed by atoms with Crippen LogP contribution in [0.3, 0.4) is 0 Å². The predicted octanol–water partition coefficient (Wildman–Crippen LogP) is 6.02. The lowest BCUT2D eigenvalue weighted by atomic mass is 9.98. The molecule has 4 heteroatoms. The Morgan fingerprint density at radius 2 is 1.79 bits per heavy atom. The van der Waals surface area contributed by atoms with Crippen molar-refractivity contribution in [2.45, 2.75) is 6.92 Å². The lowest BCUT2D eigenvalue weighted by Crippen LogP contribution is -1.97. The lowest BCUT2D eigenvalue weighted by molar-refractivity contribution is 0.104. The second-order valence-electron chi connectivity index (χ2n) is 6.76. The van der Waals surface area contributed by atoms with Crippen molar-refractivity contribution in [2.75, 3.05) is 7.11 Å². The summed E-state index contributed by atoms with van der Waals surface area (Å²) in [6, 6.07) is 18.9. The highest BCUT2D eigenvalue weighted by molar-refractivity contribution is 6.12. The molecule has 1 N–H and O–H groups in total. The van der Waals surface area contributed by atoms with E-state index in [1.54, 1.807) is 32.4 Å². The number of phenolic OH excluding ortho intramolecular Hbond substituents is 1. The number of phenols is 1. The van der Waals surface area contributed by atoms with Crippen LogP contribution in [-0.4, -0.2) is 18.0 Å². The van der Waals surface area contributed by atoms with Gasteiger partial charge in [-0.15, -0.1) is 0 Å². The van der Waals surface area contributed by atoms with E-state index in [0.717, 1.165) is 27.8 Å². The average molecular weight is 384 g/mol. The molecule has 144 valence electrons. The summed E-state index contributed by atoms with van der Waals surface area (Å²) in [6.07, 6.45) is 4.84. The third-order valence-corrected chi connectivity index (χ3v) is 4.96. The van der Waals surface area contributed by atoms with E-state index < -0.39 is 0 Å². The topological polar surface area (TPSA) is 59.7 Å². The second kappa shape index (κ2) is 7.68. The van der Waals surface area contributed by atoms with Gasteiger partial charge in [-0.25, -0.2) is 0 Å². The molecule has 0 radical (unpaired) electrons. The number of carbonyl (C=O) groups is 1. The van der Waals surface area contributed by atoms with Gasteiger partial charge < -0.3 is 14.3 Å². The Bertz CT molecular complexity index is 1200. The maximum Gasteiger partial charge on any atom is 0.189 e. The van der Waals surface area contributed by atoms with Crippen molar-refractivity contribution in [1.82, 2.24) is 0 Å². The van der Waals surface area contributed by atoms with Crippen LogP contribution in [-0.2, 0) is 0 Å². The summed E-state index contributed by atoms with van der Waals surface area (Å²) in [5.74, 6) is 0.417. The molecule has 3 aromatic carbocycles. The van der Waals surface area contributed by atoms with Gasteiger partial charge >= 0.3 is 0 Å². The number of furan rings is 1. The van der Waals surface area contributed by atoms with E-state index in [4.69, 9.17) is 9.15 Å². The Balaban J connectivity index is 1.73. The largest absolute Gasteiger partial charge is 0.507 e. The number of hydrogen-bond donors (Lipinski definition) is 1. The van der Waals surface area contributed by atoms with Crippen molar-refractivity contribution >= 4 is 22.8 Å². The van der Waals surface area contributed by atoms with Crippen LogP contribution in [0, 0.1) is 6.92 Å². The van der Waals surface area contributed by atoms with Gasteiger partial charge in [-0.3, -0.25) is 4.79 Å². The van der Waals surface area contributed by atoms with Crippen molar-refractivity contribution in [1.29, 1.82) is 0 Å². The molecular formula is C25H20O4. The van der Waals surface area contributed by atoms with Gasteiger partial charge in [-0.1, -0.05) is 48.5 Å². The maximum atomic E-state index is 12.8. The van der Waals surface area contributed by atoms with Crippen LogP contribution in [0.1, 0.15) is 21.5 Å². The smallest absolute Gasteiger partial charge is 0.189 e. The second-order valence-corrected chi connectivity index (χ2v) is 6.76. The van der Waals surface area contributed by atoms with Crippen molar-refractivity contribution in [3.63, 3.8) is 0 Å². The zero-order valence-electron chi connectivity index (χ0n) is 16.2. The standard InChI is InChI=1S/C25H20O4/c1-16-24(27)21(23(26)13-10-17-8-11-19(28-2)12-9-17)14-20-22(15-29-25(16)20)18-6-4-3-5-7-18/h3-15,27H,1-2H3/b13-10+. The number of hydrogen-bond acceptors (Lipinski definition) is 4. The first-order chi connectivity index (χ1) is 14.1. The number of carbonyl (C=O) groups excluding carboxylic acids is 1. The van der Waals surface area contributed by atoms with Gasteiger partial charge in [-0.2, -0.15) is 0 Å².